The number of aryl methyl sites for hydroxylation is 1. The Kier molecular flexibility index (Phi) is 3.90. The molecule has 104 valence electrons. The number of hydrogen-bond acceptors (Lipinski definition) is 3. The lowest BCUT2D eigenvalue weighted by molar-refractivity contribution is 0.479. The Labute approximate surface area is 123 Å². The first kappa shape index (κ1) is 13.4. The maximum absolute atomic E-state index is 5.89. The van der Waals surface area contributed by atoms with Crippen LogP contribution in [0.3, 0.4) is 0 Å². The van der Waals surface area contributed by atoms with Gasteiger partial charge < -0.3 is 10.1 Å². The molecule has 3 nitrogen and oxygen atoms in total. The van der Waals surface area contributed by atoms with Gasteiger partial charge in [0.15, 0.2) is 0 Å². The van der Waals surface area contributed by atoms with Crippen LogP contribution in [0.5, 0.6) is 11.5 Å². The standard InChI is InChI=1S/C16H17ClN2O/c1-11-6-15(20-16-7-13(17)9-18-10-16)5-2-12(11)8-19-14-3-4-14/h2,5-7,9-10,14,19H,3-4,8H2,1H3. The molecule has 1 fully saturated rings. The molecule has 20 heavy (non-hydrogen) atoms. The van der Waals surface area contributed by atoms with Gasteiger partial charge in [-0.25, -0.2) is 0 Å². The van der Waals surface area contributed by atoms with Crippen molar-refractivity contribution >= 4 is 11.6 Å². The van der Waals surface area contributed by atoms with Gasteiger partial charge in [-0.2, -0.15) is 0 Å². The number of benzene rings is 1. The summed E-state index contributed by atoms with van der Waals surface area (Å²) in [6, 6.07) is 8.62. The van der Waals surface area contributed by atoms with Crippen molar-refractivity contribution < 1.29 is 4.74 Å². The van der Waals surface area contributed by atoms with Crippen LogP contribution in [0.2, 0.25) is 5.02 Å². The van der Waals surface area contributed by atoms with Crippen LogP contribution in [-0.4, -0.2) is 11.0 Å². The summed E-state index contributed by atoms with van der Waals surface area (Å²) in [6.07, 6.45) is 5.86. The fraction of sp³-hybridized carbons (Fsp3) is 0.312. The molecule has 0 atom stereocenters. The van der Waals surface area contributed by atoms with E-state index in [0.29, 0.717) is 10.8 Å². The molecule has 1 N–H and O–H groups in total. The molecule has 2 aromatic rings. The Balaban J connectivity index is 1.69. The van der Waals surface area contributed by atoms with Gasteiger partial charge in [-0.3, -0.25) is 4.98 Å². The van der Waals surface area contributed by atoms with E-state index < -0.39 is 0 Å². The third-order valence-corrected chi connectivity index (χ3v) is 3.59. The Morgan fingerprint density at radius 3 is 2.80 bits per heavy atom. The first-order valence-corrected chi connectivity index (χ1v) is 7.20. The van der Waals surface area contributed by atoms with Crippen LogP contribution < -0.4 is 10.1 Å². The molecule has 0 spiro atoms. The highest BCUT2D eigenvalue weighted by molar-refractivity contribution is 6.30. The van der Waals surface area contributed by atoms with E-state index in [4.69, 9.17) is 16.3 Å². The monoisotopic (exact) mass is 288 g/mol. The zero-order chi connectivity index (χ0) is 13.9. The van der Waals surface area contributed by atoms with E-state index in [-0.39, 0.29) is 0 Å². The van der Waals surface area contributed by atoms with Crippen molar-refractivity contribution in [2.24, 2.45) is 0 Å². The van der Waals surface area contributed by atoms with Gasteiger partial charge in [0, 0.05) is 24.8 Å². The predicted molar refractivity (Wildman–Crippen MR) is 80.4 cm³/mol. The number of nitrogens with one attached hydrogen (secondary N) is 1. The second kappa shape index (κ2) is 5.81. The van der Waals surface area contributed by atoms with Gasteiger partial charge in [0.1, 0.15) is 11.5 Å². The Morgan fingerprint density at radius 2 is 2.10 bits per heavy atom. The number of nitrogens with zero attached hydrogens (tertiary/aromatic N) is 1. The minimum Gasteiger partial charge on any atom is -0.456 e. The van der Waals surface area contributed by atoms with E-state index in [0.717, 1.165) is 18.3 Å². The lowest BCUT2D eigenvalue weighted by Crippen LogP contribution is -2.15. The van der Waals surface area contributed by atoms with Crippen LogP contribution >= 0.6 is 11.6 Å². The summed E-state index contributed by atoms with van der Waals surface area (Å²) in [5.74, 6) is 1.46. The summed E-state index contributed by atoms with van der Waals surface area (Å²) >= 11 is 5.89. The first-order valence-electron chi connectivity index (χ1n) is 6.82. The summed E-state index contributed by atoms with van der Waals surface area (Å²) in [6.45, 7) is 3.03. The maximum Gasteiger partial charge on any atom is 0.147 e. The highest BCUT2D eigenvalue weighted by atomic mass is 35.5. The van der Waals surface area contributed by atoms with Crippen LogP contribution in [-0.2, 0) is 6.54 Å². The van der Waals surface area contributed by atoms with Crippen molar-refractivity contribution in [2.45, 2.75) is 32.4 Å². The molecule has 4 heteroatoms. The Hall–Kier alpha value is -1.58. The van der Waals surface area contributed by atoms with Crippen molar-refractivity contribution in [3.05, 3.63) is 52.8 Å². The molecule has 1 aliphatic carbocycles. The number of aromatic nitrogens is 1. The Morgan fingerprint density at radius 1 is 1.25 bits per heavy atom. The number of halogens is 1. The summed E-state index contributed by atoms with van der Waals surface area (Å²) in [5, 5.41) is 4.10. The second-order valence-electron chi connectivity index (χ2n) is 5.18. The predicted octanol–water partition coefficient (Wildman–Crippen LogP) is 4.09. The lowest BCUT2D eigenvalue weighted by atomic mass is 10.1. The largest absolute Gasteiger partial charge is 0.456 e. The third-order valence-electron chi connectivity index (χ3n) is 3.39. The number of hydrogen-bond donors (Lipinski definition) is 1. The zero-order valence-corrected chi connectivity index (χ0v) is 12.2. The molecule has 1 aromatic heterocycles. The van der Waals surface area contributed by atoms with Gasteiger partial charge in [-0.15, -0.1) is 0 Å². The van der Waals surface area contributed by atoms with Crippen molar-refractivity contribution in [3.63, 3.8) is 0 Å². The number of ether oxygens (including phenoxy) is 1. The van der Waals surface area contributed by atoms with Crippen molar-refractivity contribution in [1.29, 1.82) is 0 Å². The molecule has 1 saturated carbocycles. The van der Waals surface area contributed by atoms with Gasteiger partial charge in [-0.05, 0) is 43.0 Å². The highest BCUT2D eigenvalue weighted by Crippen LogP contribution is 2.26. The molecule has 3 rings (SSSR count). The third kappa shape index (κ3) is 3.50. The molecule has 0 aliphatic heterocycles. The van der Waals surface area contributed by atoms with Gasteiger partial charge in [0.2, 0.25) is 0 Å². The smallest absolute Gasteiger partial charge is 0.147 e. The average Bonchev–Trinajstić information content (AvgIpc) is 3.22. The quantitative estimate of drug-likeness (QED) is 0.900. The van der Waals surface area contributed by atoms with Gasteiger partial charge in [0.25, 0.3) is 0 Å². The van der Waals surface area contributed by atoms with Crippen molar-refractivity contribution in [3.8, 4) is 11.5 Å². The SMILES string of the molecule is Cc1cc(Oc2cncc(Cl)c2)ccc1CNC1CC1. The minimum atomic E-state index is 0.574. The number of rotatable bonds is 5. The molecule has 1 aromatic carbocycles. The number of pyridine rings is 1. The van der Waals surface area contributed by atoms with Crippen molar-refractivity contribution in [1.82, 2.24) is 10.3 Å². The normalized spacial score (nSPS) is 14.3. The molecular weight excluding hydrogens is 272 g/mol. The fourth-order valence-corrected chi connectivity index (χ4v) is 2.22. The molecule has 0 saturated heterocycles. The van der Waals surface area contributed by atoms with Crippen LogP contribution in [0.4, 0.5) is 0 Å². The summed E-state index contributed by atoms with van der Waals surface area (Å²) < 4.78 is 5.77. The van der Waals surface area contributed by atoms with E-state index in [2.05, 4.69) is 23.3 Å². The lowest BCUT2D eigenvalue weighted by Gasteiger charge is -2.10. The van der Waals surface area contributed by atoms with Gasteiger partial charge >= 0.3 is 0 Å². The second-order valence-corrected chi connectivity index (χ2v) is 5.62. The molecule has 1 aliphatic rings. The molecule has 0 bridgehead atoms. The molecule has 0 radical (unpaired) electrons. The molecule has 0 unspecified atom stereocenters. The van der Waals surface area contributed by atoms with Crippen LogP contribution in [0, 0.1) is 6.92 Å². The summed E-state index contributed by atoms with van der Waals surface area (Å²) in [4.78, 5) is 4.01. The average molecular weight is 289 g/mol. The first-order chi connectivity index (χ1) is 9.70. The molecule has 1 heterocycles. The fourth-order valence-electron chi connectivity index (χ4n) is 2.06. The van der Waals surface area contributed by atoms with Crippen LogP contribution in [0.15, 0.2) is 36.7 Å². The van der Waals surface area contributed by atoms with E-state index in [9.17, 15) is 0 Å². The van der Waals surface area contributed by atoms with E-state index >= 15 is 0 Å². The van der Waals surface area contributed by atoms with Crippen LogP contribution in [0.25, 0.3) is 0 Å². The zero-order valence-electron chi connectivity index (χ0n) is 11.4. The summed E-state index contributed by atoms with van der Waals surface area (Å²) in [7, 11) is 0. The topological polar surface area (TPSA) is 34.1 Å². The van der Waals surface area contributed by atoms with E-state index in [1.165, 1.54) is 24.0 Å². The van der Waals surface area contributed by atoms with E-state index in [1.54, 1.807) is 18.5 Å². The molecular formula is C16H17ClN2O. The van der Waals surface area contributed by atoms with Crippen molar-refractivity contribution in [2.75, 3.05) is 0 Å². The van der Waals surface area contributed by atoms with E-state index in [1.807, 2.05) is 12.1 Å². The van der Waals surface area contributed by atoms with Crippen LogP contribution in [0.1, 0.15) is 24.0 Å². The minimum absolute atomic E-state index is 0.574. The maximum atomic E-state index is 5.89. The molecule has 0 amide bonds. The summed E-state index contributed by atoms with van der Waals surface area (Å²) in [5.41, 5.74) is 2.54. The van der Waals surface area contributed by atoms with Gasteiger partial charge in [-0.1, -0.05) is 17.7 Å². The highest BCUT2D eigenvalue weighted by Gasteiger charge is 2.20. The van der Waals surface area contributed by atoms with Gasteiger partial charge in [0.05, 0.1) is 11.2 Å². The Bertz CT molecular complexity index is 611.